The lowest BCUT2D eigenvalue weighted by Crippen LogP contribution is -2.54. The number of halogens is 6. The second-order valence-corrected chi connectivity index (χ2v) is 10.6. The number of sulfonamides is 1. The van der Waals surface area contributed by atoms with E-state index >= 15 is 0 Å². The van der Waals surface area contributed by atoms with Crippen LogP contribution < -0.4 is 14.4 Å². The van der Waals surface area contributed by atoms with Crippen LogP contribution in [0, 0.1) is 0 Å². The Labute approximate surface area is 217 Å². The quantitative estimate of drug-likeness (QED) is 0.341. The van der Waals surface area contributed by atoms with Gasteiger partial charge in [-0.25, -0.2) is 8.42 Å². The van der Waals surface area contributed by atoms with Gasteiger partial charge in [-0.05, 0) is 48.7 Å². The summed E-state index contributed by atoms with van der Waals surface area (Å²) in [6.45, 7) is 1.97. The fraction of sp³-hybridized carbons (Fsp3) is 0.261. The maximum atomic E-state index is 13.8. The molecule has 2 N–H and O–H groups in total. The van der Waals surface area contributed by atoms with Crippen LogP contribution in [0.1, 0.15) is 22.2 Å². The Hall–Kier alpha value is -3.30. The van der Waals surface area contributed by atoms with Gasteiger partial charge in [0.1, 0.15) is 10.6 Å². The Morgan fingerprint density at radius 1 is 1.00 bits per heavy atom. The van der Waals surface area contributed by atoms with Crippen molar-refractivity contribution in [3.8, 4) is 5.75 Å². The van der Waals surface area contributed by atoms with E-state index < -0.39 is 50.0 Å². The average Bonchev–Trinajstić information content (AvgIpc) is 3.37. The minimum absolute atomic E-state index is 0.000484. The highest BCUT2D eigenvalue weighted by atomic mass is 32.2. The van der Waals surface area contributed by atoms with Gasteiger partial charge in [0, 0.05) is 12.6 Å². The topological polar surface area (TPSA) is 95.9 Å². The van der Waals surface area contributed by atoms with Crippen molar-refractivity contribution in [2.45, 2.75) is 29.8 Å². The number of hydrogen-bond acceptors (Lipinski definition) is 6. The van der Waals surface area contributed by atoms with Gasteiger partial charge in [0.2, 0.25) is 0 Å². The van der Waals surface area contributed by atoms with Crippen LogP contribution in [-0.2, 0) is 15.6 Å². The number of anilines is 2. The van der Waals surface area contributed by atoms with Gasteiger partial charge in [0.15, 0.2) is 0 Å². The Kier molecular flexibility index (Phi) is 8.05. The second-order valence-electron chi connectivity index (χ2n) is 7.72. The van der Waals surface area contributed by atoms with Crippen LogP contribution in [0.4, 0.5) is 37.7 Å². The molecule has 1 aromatic heterocycles. The molecule has 1 heterocycles. The Balaban J connectivity index is 2.29. The molecule has 0 aliphatic rings. The van der Waals surface area contributed by atoms with Crippen LogP contribution in [0.25, 0.3) is 0 Å². The Morgan fingerprint density at radius 3 is 2.11 bits per heavy atom. The van der Waals surface area contributed by atoms with Gasteiger partial charge in [0.05, 0.1) is 22.9 Å². The summed E-state index contributed by atoms with van der Waals surface area (Å²) in [5.41, 5.74) is -8.67. The van der Waals surface area contributed by atoms with E-state index in [4.69, 9.17) is 4.74 Å². The van der Waals surface area contributed by atoms with Gasteiger partial charge in [-0.1, -0.05) is 18.2 Å². The molecule has 0 saturated heterocycles. The molecule has 0 fully saturated rings. The molecule has 206 valence electrons. The molecule has 2 aromatic carbocycles. The van der Waals surface area contributed by atoms with Crippen LogP contribution in [0.15, 0.2) is 64.9 Å². The van der Waals surface area contributed by atoms with Gasteiger partial charge in [-0.3, -0.25) is 9.10 Å². The highest BCUT2D eigenvalue weighted by Crippen LogP contribution is 2.53. The number of benzene rings is 2. The molecule has 0 radical (unpaired) electrons. The van der Waals surface area contributed by atoms with Crippen LogP contribution >= 0.6 is 11.3 Å². The van der Waals surface area contributed by atoms with Crippen LogP contribution in [0.2, 0.25) is 0 Å². The molecule has 1 amide bonds. The van der Waals surface area contributed by atoms with Crippen molar-refractivity contribution in [3.05, 3.63) is 70.4 Å². The molecular formula is C23H20F6N2O5S2. The number of nitrogens with one attached hydrogen (secondary N) is 1. The molecule has 3 rings (SSSR count). The SMILES string of the molecule is CCOc1ccc(N(C)S(=O)(=O)c2c(NC(=O)c3cccs3)cccc2C(O)(C(F)(F)F)C(F)(F)F)cc1. The Bertz CT molecular complexity index is 1380. The van der Waals surface area contributed by atoms with Crippen molar-refractivity contribution in [3.63, 3.8) is 0 Å². The second kappa shape index (κ2) is 10.5. The number of nitrogens with zero attached hydrogens (tertiary/aromatic N) is 1. The standard InChI is InChI=1S/C23H20F6N2O5S2/c1-3-36-15-11-9-14(10-12-15)31(2)38(34,35)19-16(21(33,22(24,25)26)23(27,28)29)6-4-7-17(19)30-20(32)18-8-5-13-37-18/h4-13,33H,3H2,1-2H3,(H,30,32). The van der Waals surface area contributed by atoms with E-state index in [1.165, 1.54) is 41.8 Å². The third-order valence-corrected chi connectivity index (χ3v) is 8.10. The van der Waals surface area contributed by atoms with Gasteiger partial charge >= 0.3 is 12.4 Å². The summed E-state index contributed by atoms with van der Waals surface area (Å²) in [4.78, 5) is 11.0. The summed E-state index contributed by atoms with van der Waals surface area (Å²) in [7, 11) is -4.38. The maximum absolute atomic E-state index is 13.8. The molecule has 0 spiro atoms. The van der Waals surface area contributed by atoms with E-state index in [9.17, 15) is 44.7 Å². The number of aliphatic hydroxyl groups is 1. The first-order valence-corrected chi connectivity index (χ1v) is 12.9. The lowest BCUT2D eigenvalue weighted by Gasteiger charge is -2.35. The predicted molar refractivity (Wildman–Crippen MR) is 128 cm³/mol. The molecular weight excluding hydrogens is 562 g/mol. The van der Waals surface area contributed by atoms with Crippen molar-refractivity contribution >= 4 is 38.6 Å². The molecule has 7 nitrogen and oxygen atoms in total. The molecule has 15 heteroatoms. The van der Waals surface area contributed by atoms with E-state index in [0.717, 1.165) is 24.5 Å². The van der Waals surface area contributed by atoms with Gasteiger partial charge in [-0.2, -0.15) is 26.3 Å². The van der Waals surface area contributed by atoms with Crippen molar-refractivity contribution in [1.29, 1.82) is 0 Å². The minimum Gasteiger partial charge on any atom is -0.494 e. The number of alkyl halides is 6. The number of carbonyl (C=O) groups is 1. The first-order valence-electron chi connectivity index (χ1n) is 10.6. The van der Waals surface area contributed by atoms with Gasteiger partial charge < -0.3 is 15.2 Å². The minimum atomic E-state index is -6.39. The number of carbonyl (C=O) groups excluding carboxylic acids is 1. The van der Waals surface area contributed by atoms with Crippen LogP contribution in [-0.4, -0.2) is 45.4 Å². The summed E-state index contributed by atoms with van der Waals surface area (Å²) in [6.07, 6.45) is -12.8. The molecule has 0 atom stereocenters. The molecule has 0 saturated carbocycles. The predicted octanol–water partition coefficient (Wildman–Crippen LogP) is 5.54. The third-order valence-electron chi connectivity index (χ3n) is 5.35. The molecule has 0 aliphatic carbocycles. The van der Waals surface area contributed by atoms with E-state index in [0.29, 0.717) is 16.1 Å². The monoisotopic (exact) mass is 582 g/mol. The normalized spacial score (nSPS) is 12.8. The summed E-state index contributed by atoms with van der Waals surface area (Å²) < 4.78 is 116. The number of ether oxygens (including phenoxy) is 1. The van der Waals surface area contributed by atoms with E-state index in [-0.39, 0.29) is 23.2 Å². The lowest BCUT2D eigenvalue weighted by atomic mass is 9.91. The van der Waals surface area contributed by atoms with Crippen molar-refractivity contribution in [2.24, 2.45) is 0 Å². The lowest BCUT2D eigenvalue weighted by molar-refractivity contribution is -0.377. The zero-order valence-corrected chi connectivity index (χ0v) is 21.2. The van der Waals surface area contributed by atoms with E-state index in [1.807, 2.05) is 0 Å². The molecule has 38 heavy (non-hydrogen) atoms. The Morgan fingerprint density at radius 2 is 1.61 bits per heavy atom. The number of thiophene rings is 1. The van der Waals surface area contributed by atoms with E-state index in [2.05, 4.69) is 5.32 Å². The summed E-state index contributed by atoms with van der Waals surface area (Å²) in [6, 6.07) is 9.57. The van der Waals surface area contributed by atoms with E-state index in [1.54, 1.807) is 6.92 Å². The smallest absolute Gasteiger partial charge is 0.430 e. The first-order chi connectivity index (χ1) is 17.6. The summed E-state index contributed by atoms with van der Waals surface area (Å²) in [5.74, 6) is -0.658. The number of amides is 1. The van der Waals surface area contributed by atoms with Gasteiger partial charge in [-0.15, -0.1) is 11.3 Å². The summed E-state index contributed by atoms with van der Waals surface area (Å²) in [5, 5.41) is 13.7. The highest BCUT2D eigenvalue weighted by Gasteiger charge is 2.72. The highest BCUT2D eigenvalue weighted by molar-refractivity contribution is 7.93. The third kappa shape index (κ3) is 5.31. The molecule has 0 unspecified atom stereocenters. The fourth-order valence-electron chi connectivity index (χ4n) is 3.45. The van der Waals surface area contributed by atoms with Crippen LogP contribution in [0.5, 0.6) is 5.75 Å². The zero-order chi connectivity index (χ0) is 28.5. The van der Waals surface area contributed by atoms with Crippen LogP contribution in [0.3, 0.4) is 0 Å². The van der Waals surface area contributed by atoms with Crippen molar-refractivity contribution in [2.75, 3.05) is 23.3 Å². The zero-order valence-electron chi connectivity index (χ0n) is 19.6. The number of rotatable bonds is 8. The maximum Gasteiger partial charge on any atom is 0.430 e. The molecule has 0 aliphatic heterocycles. The number of hydrogen-bond donors (Lipinski definition) is 2. The van der Waals surface area contributed by atoms with Crippen molar-refractivity contribution in [1.82, 2.24) is 0 Å². The first kappa shape index (κ1) is 29.3. The molecule has 0 bridgehead atoms. The van der Waals surface area contributed by atoms with Gasteiger partial charge in [0.25, 0.3) is 21.5 Å². The average molecular weight is 583 g/mol. The molecule has 3 aromatic rings. The van der Waals surface area contributed by atoms with Crippen molar-refractivity contribution < 1.29 is 49.4 Å². The fourth-order valence-corrected chi connectivity index (χ4v) is 5.63. The largest absolute Gasteiger partial charge is 0.494 e. The summed E-state index contributed by atoms with van der Waals surface area (Å²) >= 11 is 0.897.